The Bertz CT molecular complexity index is 218. The topological polar surface area (TPSA) is 12.5 Å². The second-order valence-electron chi connectivity index (χ2n) is 5.05. The molecule has 0 bridgehead atoms. The average molecular weight is 198 g/mol. The van der Waals surface area contributed by atoms with E-state index in [4.69, 9.17) is 4.74 Å². The fourth-order valence-corrected chi connectivity index (χ4v) is 5.17. The van der Waals surface area contributed by atoms with Crippen LogP contribution in [0.1, 0.15) is 20.3 Å². The molecule has 0 aromatic heterocycles. The molecule has 3 fully saturated rings. The van der Waals surface area contributed by atoms with Crippen LogP contribution < -0.4 is 0 Å². The molecule has 3 rings (SSSR count). The second kappa shape index (κ2) is 2.90. The van der Waals surface area contributed by atoms with Gasteiger partial charge >= 0.3 is 0 Å². The van der Waals surface area contributed by atoms with Crippen molar-refractivity contribution >= 4 is 11.8 Å². The van der Waals surface area contributed by atoms with Gasteiger partial charge in [-0.3, -0.25) is 0 Å². The minimum Gasteiger partial charge on any atom is -0.370 e. The summed E-state index contributed by atoms with van der Waals surface area (Å²) < 4.78 is 5.65. The summed E-state index contributed by atoms with van der Waals surface area (Å²) in [5, 5.41) is 0. The fourth-order valence-electron chi connectivity index (χ4n) is 3.42. The highest BCUT2D eigenvalue weighted by Crippen LogP contribution is 2.53. The molecule has 0 N–H and O–H groups in total. The largest absolute Gasteiger partial charge is 0.370 e. The van der Waals surface area contributed by atoms with E-state index in [9.17, 15) is 0 Å². The van der Waals surface area contributed by atoms with Gasteiger partial charge in [0.15, 0.2) is 0 Å². The van der Waals surface area contributed by atoms with Gasteiger partial charge in [0.1, 0.15) is 0 Å². The van der Waals surface area contributed by atoms with E-state index in [0.717, 1.165) is 23.7 Å². The van der Waals surface area contributed by atoms with Crippen LogP contribution in [0.15, 0.2) is 0 Å². The van der Waals surface area contributed by atoms with E-state index >= 15 is 0 Å². The molecule has 2 saturated heterocycles. The Balaban J connectivity index is 1.75. The van der Waals surface area contributed by atoms with Crippen molar-refractivity contribution in [1.29, 1.82) is 0 Å². The summed E-state index contributed by atoms with van der Waals surface area (Å²) in [7, 11) is 0. The highest BCUT2D eigenvalue weighted by atomic mass is 32.2. The Hall–Kier alpha value is 0.310. The van der Waals surface area contributed by atoms with Crippen LogP contribution in [0, 0.1) is 23.7 Å². The van der Waals surface area contributed by atoms with E-state index in [-0.39, 0.29) is 0 Å². The van der Waals surface area contributed by atoms with Crippen LogP contribution in [0.5, 0.6) is 0 Å². The number of thioether (sulfide) groups is 1. The van der Waals surface area contributed by atoms with E-state index < -0.39 is 0 Å². The zero-order valence-electron chi connectivity index (χ0n) is 8.40. The third-order valence-corrected chi connectivity index (χ3v) is 5.52. The van der Waals surface area contributed by atoms with Crippen molar-refractivity contribution in [3.8, 4) is 0 Å². The third-order valence-electron chi connectivity index (χ3n) is 4.28. The molecule has 0 amide bonds. The Morgan fingerprint density at radius 3 is 2.46 bits per heavy atom. The van der Waals surface area contributed by atoms with Gasteiger partial charge < -0.3 is 4.74 Å². The Kier molecular flexibility index (Phi) is 1.92. The first-order chi connectivity index (χ1) is 6.27. The molecule has 0 aromatic rings. The Labute approximate surface area is 84.6 Å². The zero-order chi connectivity index (χ0) is 9.00. The van der Waals surface area contributed by atoms with Gasteiger partial charge in [-0.25, -0.2) is 0 Å². The molecule has 3 aliphatic rings. The van der Waals surface area contributed by atoms with Crippen molar-refractivity contribution in [3.05, 3.63) is 0 Å². The minimum absolute atomic E-state index is 0.571. The van der Waals surface area contributed by atoms with Crippen molar-refractivity contribution < 1.29 is 4.74 Å². The van der Waals surface area contributed by atoms with Crippen LogP contribution in [-0.4, -0.2) is 23.7 Å². The standard InChI is InChI=1S/C11H18OS/c1-6-3-8(11-7(2)12-11)10-5-13-4-9(6)10/h6-11H,3-5H2,1-2H3. The van der Waals surface area contributed by atoms with Gasteiger partial charge in [0, 0.05) is 0 Å². The maximum Gasteiger partial charge on any atom is 0.0870 e. The van der Waals surface area contributed by atoms with Crippen LogP contribution in [0.25, 0.3) is 0 Å². The molecule has 0 aromatic carbocycles. The molecule has 1 nitrogen and oxygen atoms in total. The number of rotatable bonds is 1. The summed E-state index contributed by atoms with van der Waals surface area (Å²) >= 11 is 2.16. The predicted octanol–water partition coefficient (Wildman–Crippen LogP) is 2.41. The first-order valence-corrected chi connectivity index (χ1v) is 6.66. The molecule has 74 valence electrons. The maximum atomic E-state index is 5.65. The molecule has 0 radical (unpaired) electrons. The zero-order valence-corrected chi connectivity index (χ0v) is 9.22. The van der Waals surface area contributed by atoms with E-state index in [1.165, 1.54) is 17.9 Å². The van der Waals surface area contributed by atoms with Crippen LogP contribution in [-0.2, 0) is 4.74 Å². The van der Waals surface area contributed by atoms with Gasteiger partial charge in [-0.05, 0) is 48.5 Å². The van der Waals surface area contributed by atoms with Gasteiger partial charge in [0.2, 0.25) is 0 Å². The summed E-state index contributed by atoms with van der Waals surface area (Å²) in [6, 6.07) is 0. The van der Waals surface area contributed by atoms with Crippen molar-refractivity contribution in [2.24, 2.45) is 23.7 Å². The molecular weight excluding hydrogens is 180 g/mol. The lowest BCUT2D eigenvalue weighted by atomic mass is 9.88. The molecule has 2 aliphatic heterocycles. The fraction of sp³-hybridized carbons (Fsp3) is 1.00. The van der Waals surface area contributed by atoms with E-state index in [2.05, 4.69) is 25.6 Å². The van der Waals surface area contributed by atoms with Gasteiger partial charge in [-0.2, -0.15) is 11.8 Å². The highest BCUT2D eigenvalue weighted by Gasteiger charge is 2.53. The molecule has 2 heteroatoms. The number of hydrogen-bond acceptors (Lipinski definition) is 2. The molecule has 1 aliphatic carbocycles. The predicted molar refractivity (Wildman–Crippen MR) is 55.9 cm³/mol. The Morgan fingerprint density at radius 1 is 1.08 bits per heavy atom. The van der Waals surface area contributed by atoms with E-state index in [0.29, 0.717) is 12.2 Å². The lowest BCUT2D eigenvalue weighted by Crippen LogP contribution is -2.19. The van der Waals surface area contributed by atoms with E-state index in [1.54, 1.807) is 0 Å². The third kappa shape index (κ3) is 1.25. The van der Waals surface area contributed by atoms with Crippen LogP contribution >= 0.6 is 11.8 Å². The number of fused-ring (bicyclic) bond motifs is 1. The summed E-state index contributed by atoms with van der Waals surface area (Å²) in [5.41, 5.74) is 0. The second-order valence-corrected chi connectivity index (χ2v) is 6.12. The molecule has 1 saturated carbocycles. The van der Waals surface area contributed by atoms with Crippen molar-refractivity contribution in [2.45, 2.75) is 32.5 Å². The van der Waals surface area contributed by atoms with Gasteiger partial charge in [0.25, 0.3) is 0 Å². The first-order valence-electron chi connectivity index (χ1n) is 5.50. The van der Waals surface area contributed by atoms with Crippen LogP contribution in [0.2, 0.25) is 0 Å². The summed E-state index contributed by atoms with van der Waals surface area (Å²) in [6.07, 6.45) is 2.64. The Morgan fingerprint density at radius 2 is 1.77 bits per heavy atom. The highest BCUT2D eigenvalue weighted by molar-refractivity contribution is 7.99. The lowest BCUT2D eigenvalue weighted by Gasteiger charge is -2.15. The molecule has 0 spiro atoms. The normalized spacial score (nSPS) is 59.5. The monoisotopic (exact) mass is 198 g/mol. The van der Waals surface area contributed by atoms with Gasteiger partial charge in [-0.15, -0.1) is 0 Å². The quantitative estimate of drug-likeness (QED) is 0.600. The average Bonchev–Trinajstić information content (AvgIpc) is 2.60. The maximum absolute atomic E-state index is 5.65. The lowest BCUT2D eigenvalue weighted by molar-refractivity contribution is 0.274. The minimum atomic E-state index is 0.571. The summed E-state index contributed by atoms with van der Waals surface area (Å²) in [4.78, 5) is 0. The number of epoxide rings is 1. The number of ether oxygens (including phenoxy) is 1. The SMILES string of the molecule is CC1CC(C2OC2C)C2CSCC12. The van der Waals surface area contributed by atoms with E-state index in [1.807, 2.05) is 0 Å². The van der Waals surface area contributed by atoms with Crippen molar-refractivity contribution in [2.75, 3.05) is 11.5 Å². The van der Waals surface area contributed by atoms with Crippen molar-refractivity contribution in [1.82, 2.24) is 0 Å². The first kappa shape index (κ1) is 8.60. The van der Waals surface area contributed by atoms with Gasteiger partial charge in [0.05, 0.1) is 12.2 Å². The number of hydrogen-bond donors (Lipinski definition) is 0. The van der Waals surface area contributed by atoms with Gasteiger partial charge in [-0.1, -0.05) is 6.92 Å². The molecule has 2 heterocycles. The molecule has 6 atom stereocenters. The molecular formula is C11H18OS. The van der Waals surface area contributed by atoms with Crippen LogP contribution in [0.3, 0.4) is 0 Å². The molecule has 6 unspecified atom stereocenters. The van der Waals surface area contributed by atoms with Crippen LogP contribution in [0.4, 0.5) is 0 Å². The van der Waals surface area contributed by atoms with Crippen molar-refractivity contribution in [3.63, 3.8) is 0 Å². The summed E-state index contributed by atoms with van der Waals surface area (Å²) in [6.45, 7) is 4.67. The molecule has 13 heavy (non-hydrogen) atoms. The smallest absolute Gasteiger partial charge is 0.0870 e. The summed E-state index contributed by atoms with van der Waals surface area (Å²) in [5.74, 6) is 6.71.